The predicted molar refractivity (Wildman–Crippen MR) is 99.6 cm³/mol. The second kappa shape index (κ2) is 6.52. The molecule has 4 nitrogen and oxygen atoms in total. The van der Waals surface area contributed by atoms with Crippen molar-refractivity contribution in [1.82, 2.24) is 0 Å². The van der Waals surface area contributed by atoms with Crippen molar-refractivity contribution in [2.75, 3.05) is 17.3 Å². The number of methoxy groups -OCH3 is 1. The van der Waals surface area contributed by atoms with Gasteiger partial charge < -0.3 is 15.0 Å². The second-order valence-corrected chi connectivity index (χ2v) is 6.07. The molecule has 0 bridgehead atoms. The summed E-state index contributed by atoms with van der Waals surface area (Å²) in [7, 11) is 1.59. The monoisotopic (exact) mass is 348 g/mol. The van der Waals surface area contributed by atoms with Crippen LogP contribution in [0.2, 0.25) is 0 Å². The van der Waals surface area contributed by atoms with Gasteiger partial charge in [-0.3, -0.25) is 4.79 Å². The first kappa shape index (κ1) is 16.1. The molecule has 0 saturated carbocycles. The van der Waals surface area contributed by atoms with Crippen molar-refractivity contribution in [3.63, 3.8) is 0 Å². The molecule has 3 aromatic rings. The van der Waals surface area contributed by atoms with E-state index in [-0.39, 0.29) is 5.91 Å². The van der Waals surface area contributed by atoms with E-state index in [2.05, 4.69) is 5.32 Å². The lowest BCUT2D eigenvalue weighted by Crippen LogP contribution is -2.29. The highest BCUT2D eigenvalue weighted by atomic mass is 19.1. The molecule has 0 aromatic heterocycles. The number of hydrogen-bond acceptors (Lipinski definition) is 3. The quantitative estimate of drug-likeness (QED) is 0.743. The van der Waals surface area contributed by atoms with Crippen LogP contribution in [0.5, 0.6) is 5.75 Å². The van der Waals surface area contributed by atoms with Gasteiger partial charge in [0.25, 0.3) is 5.91 Å². The second-order valence-electron chi connectivity index (χ2n) is 6.07. The highest BCUT2D eigenvalue weighted by molar-refractivity contribution is 6.13. The lowest BCUT2D eigenvalue weighted by atomic mass is 10.1. The Hall–Kier alpha value is -3.34. The summed E-state index contributed by atoms with van der Waals surface area (Å²) in [5, 5.41) is 3.24. The Balaban J connectivity index is 1.86. The van der Waals surface area contributed by atoms with E-state index >= 15 is 0 Å². The molecule has 1 heterocycles. The number of amides is 1. The third-order valence-corrected chi connectivity index (χ3v) is 4.40. The average molecular weight is 348 g/mol. The first-order valence-electron chi connectivity index (χ1n) is 8.26. The van der Waals surface area contributed by atoms with Crippen LogP contribution in [0.1, 0.15) is 15.9 Å². The Morgan fingerprint density at radius 3 is 2.58 bits per heavy atom. The molecular weight excluding hydrogens is 331 g/mol. The highest BCUT2D eigenvalue weighted by Crippen LogP contribution is 2.38. The van der Waals surface area contributed by atoms with Crippen LogP contribution < -0.4 is 15.0 Å². The number of carbonyl (C=O) groups is 1. The number of carbonyl (C=O) groups excluding carboxylic acids is 1. The van der Waals surface area contributed by atoms with Gasteiger partial charge in [-0.1, -0.05) is 30.3 Å². The largest absolute Gasteiger partial charge is 0.497 e. The Labute approximate surface area is 150 Å². The fraction of sp³-hybridized carbons (Fsp3) is 0.0952. The van der Waals surface area contributed by atoms with Gasteiger partial charge >= 0.3 is 0 Å². The Morgan fingerprint density at radius 2 is 1.81 bits per heavy atom. The van der Waals surface area contributed by atoms with E-state index in [0.717, 1.165) is 16.9 Å². The maximum Gasteiger partial charge on any atom is 0.260 e. The minimum absolute atomic E-state index is 0.250. The molecule has 0 unspecified atom stereocenters. The summed E-state index contributed by atoms with van der Waals surface area (Å²) in [6.07, 6.45) is 0. The first-order valence-corrected chi connectivity index (χ1v) is 8.26. The summed E-state index contributed by atoms with van der Waals surface area (Å²) in [5.41, 5.74) is 3.32. The van der Waals surface area contributed by atoms with Crippen LogP contribution in [0.15, 0.2) is 66.7 Å². The summed E-state index contributed by atoms with van der Waals surface area (Å²) in [6.45, 7) is 0.386. The molecule has 130 valence electrons. The van der Waals surface area contributed by atoms with Crippen molar-refractivity contribution in [2.24, 2.45) is 0 Å². The highest BCUT2D eigenvalue weighted by Gasteiger charge is 2.27. The molecule has 1 amide bonds. The Kier molecular flexibility index (Phi) is 4.05. The smallest absolute Gasteiger partial charge is 0.260 e. The zero-order valence-electron chi connectivity index (χ0n) is 14.2. The van der Waals surface area contributed by atoms with Gasteiger partial charge in [-0.05, 0) is 35.9 Å². The lowest BCUT2D eigenvalue weighted by molar-refractivity contribution is 0.0986. The standard InChI is InChI=1S/C21H17FN2O2/c1-26-16-8-10-20-19(12-16)23-18-9-7-15(22)11-17(18)21(25)24(20)13-14-5-3-2-4-6-14/h2-12,23H,13H2,1H3. The third kappa shape index (κ3) is 2.88. The molecule has 3 aromatic carbocycles. The normalized spacial score (nSPS) is 12.7. The molecule has 0 atom stereocenters. The van der Waals surface area contributed by atoms with E-state index in [1.54, 1.807) is 18.1 Å². The molecule has 4 rings (SSSR count). The summed E-state index contributed by atoms with van der Waals surface area (Å²) in [5.74, 6) is -0.0178. The van der Waals surface area contributed by atoms with Crippen molar-refractivity contribution >= 4 is 23.0 Å². The summed E-state index contributed by atoms with van der Waals surface area (Å²) < 4.78 is 19.1. The van der Waals surface area contributed by atoms with Gasteiger partial charge in [-0.2, -0.15) is 0 Å². The summed E-state index contributed by atoms with van der Waals surface area (Å²) in [6, 6.07) is 19.4. The summed E-state index contributed by atoms with van der Waals surface area (Å²) in [4.78, 5) is 14.9. The number of ether oxygens (including phenoxy) is 1. The van der Waals surface area contributed by atoms with Crippen molar-refractivity contribution < 1.29 is 13.9 Å². The average Bonchev–Trinajstić information content (AvgIpc) is 2.78. The fourth-order valence-electron chi connectivity index (χ4n) is 3.10. The van der Waals surface area contributed by atoms with E-state index in [0.29, 0.717) is 23.5 Å². The van der Waals surface area contributed by atoms with Crippen molar-refractivity contribution in [1.29, 1.82) is 0 Å². The summed E-state index contributed by atoms with van der Waals surface area (Å²) >= 11 is 0. The molecule has 1 N–H and O–H groups in total. The molecule has 1 aliphatic rings. The molecule has 1 aliphatic heterocycles. The van der Waals surface area contributed by atoms with E-state index in [1.807, 2.05) is 48.5 Å². The molecule has 0 saturated heterocycles. The first-order chi connectivity index (χ1) is 12.7. The van der Waals surface area contributed by atoms with E-state index in [9.17, 15) is 9.18 Å². The maximum atomic E-state index is 13.8. The van der Waals surface area contributed by atoms with Crippen LogP contribution >= 0.6 is 0 Å². The van der Waals surface area contributed by atoms with Gasteiger partial charge in [-0.15, -0.1) is 0 Å². The van der Waals surface area contributed by atoms with Crippen LogP contribution in [0.25, 0.3) is 0 Å². The van der Waals surface area contributed by atoms with Gasteiger partial charge in [0.05, 0.1) is 36.3 Å². The Bertz CT molecular complexity index is 973. The van der Waals surface area contributed by atoms with Gasteiger partial charge in [0.1, 0.15) is 11.6 Å². The topological polar surface area (TPSA) is 41.6 Å². The van der Waals surface area contributed by atoms with Gasteiger partial charge in [0.15, 0.2) is 0 Å². The lowest BCUT2D eigenvalue weighted by Gasteiger charge is -2.23. The number of anilines is 3. The van der Waals surface area contributed by atoms with E-state index in [1.165, 1.54) is 12.1 Å². The Morgan fingerprint density at radius 1 is 1.00 bits per heavy atom. The maximum absolute atomic E-state index is 13.8. The minimum atomic E-state index is -0.443. The number of nitrogens with zero attached hydrogens (tertiary/aromatic N) is 1. The number of fused-ring (bicyclic) bond motifs is 2. The van der Waals surface area contributed by atoms with Crippen LogP contribution in [-0.2, 0) is 6.54 Å². The molecular formula is C21H17FN2O2. The molecule has 0 aliphatic carbocycles. The number of benzene rings is 3. The molecule has 0 fully saturated rings. The number of hydrogen-bond donors (Lipinski definition) is 1. The van der Waals surface area contributed by atoms with Gasteiger partial charge in [0.2, 0.25) is 0 Å². The van der Waals surface area contributed by atoms with Crippen LogP contribution in [0, 0.1) is 5.82 Å². The van der Waals surface area contributed by atoms with E-state index in [4.69, 9.17) is 4.74 Å². The third-order valence-electron chi connectivity index (χ3n) is 4.40. The number of halogens is 1. The predicted octanol–water partition coefficient (Wildman–Crippen LogP) is 4.74. The zero-order valence-corrected chi connectivity index (χ0v) is 14.2. The zero-order chi connectivity index (χ0) is 18.1. The van der Waals surface area contributed by atoms with Crippen LogP contribution in [0.4, 0.5) is 21.5 Å². The molecule has 26 heavy (non-hydrogen) atoms. The van der Waals surface area contributed by atoms with Crippen molar-refractivity contribution in [3.8, 4) is 5.75 Å². The van der Waals surface area contributed by atoms with Crippen molar-refractivity contribution in [3.05, 3.63) is 83.7 Å². The van der Waals surface area contributed by atoms with Crippen LogP contribution in [0.3, 0.4) is 0 Å². The van der Waals surface area contributed by atoms with E-state index < -0.39 is 5.82 Å². The minimum Gasteiger partial charge on any atom is -0.497 e. The number of rotatable bonds is 3. The number of nitrogens with one attached hydrogen (secondary N) is 1. The van der Waals surface area contributed by atoms with Gasteiger partial charge in [0, 0.05) is 6.07 Å². The SMILES string of the molecule is COc1ccc2c(c1)Nc1ccc(F)cc1C(=O)N2Cc1ccccc1. The molecule has 5 heteroatoms. The van der Waals surface area contributed by atoms with Gasteiger partial charge in [-0.25, -0.2) is 4.39 Å². The fourth-order valence-corrected chi connectivity index (χ4v) is 3.10. The van der Waals surface area contributed by atoms with Crippen LogP contribution in [-0.4, -0.2) is 13.0 Å². The molecule has 0 radical (unpaired) electrons. The van der Waals surface area contributed by atoms with Crippen molar-refractivity contribution in [2.45, 2.75) is 6.54 Å². The molecule has 0 spiro atoms.